The van der Waals surface area contributed by atoms with Crippen molar-refractivity contribution in [2.75, 3.05) is 0 Å². The Bertz CT molecular complexity index is 395. The fourth-order valence-corrected chi connectivity index (χ4v) is 1.58. The monoisotopic (exact) mass is 302 g/mol. The highest BCUT2D eigenvalue weighted by Crippen LogP contribution is 2.22. The molecule has 7 nitrogen and oxygen atoms in total. The molecule has 0 radical (unpaired) electrons. The summed E-state index contributed by atoms with van der Waals surface area (Å²) in [7, 11) is 0. The Balaban J connectivity index is 5.13. The third-order valence-corrected chi connectivity index (χ3v) is 2.13. The zero-order valence-electron chi connectivity index (χ0n) is 13.6. The van der Waals surface area contributed by atoms with E-state index in [2.05, 4.69) is 5.32 Å². The minimum absolute atomic E-state index is 0.0671. The Morgan fingerprint density at radius 1 is 1.10 bits per heavy atom. The van der Waals surface area contributed by atoms with Crippen molar-refractivity contribution in [2.24, 2.45) is 5.73 Å². The summed E-state index contributed by atoms with van der Waals surface area (Å²) in [6.45, 7) is 10.3. The highest BCUT2D eigenvalue weighted by molar-refractivity contribution is 5.78. The van der Waals surface area contributed by atoms with Crippen LogP contribution in [-0.2, 0) is 19.1 Å². The number of nitrogens with two attached hydrogens (primary N) is 1. The number of hydrogen-bond acceptors (Lipinski definition) is 5. The summed E-state index contributed by atoms with van der Waals surface area (Å²) in [6.07, 6.45) is -0.527. The molecular formula is C14H26N2O5. The van der Waals surface area contributed by atoms with Crippen molar-refractivity contribution in [1.82, 2.24) is 5.32 Å². The molecule has 0 heterocycles. The van der Waals surface area contributed by atoms with E-state index < -0.39 is 28.9 Å². The van der Waals surface area contributed by atoms with Gasteiger partial charge in [0.05, 0.1) is 5.60 Å². The van der Waals surface area contributed by atoms with E-state index in [9.17, 15) is 14.4 Å². The summed E-state index contributed by atoms with van der Waals surface area (Å²) < 4.78 is 10.7. The van der Waals surface area contributed by atoms with E-state index in [1.54, 1.807) is 41.5 Å². The predicted molar refractivity (Wildman–Crippen MR) is 77.4 cm³/mol. The summed E-state index contributed by atoms with van der Waals surface area (Å²) in [5.74, 6) is -0.593. The van der Waals surface area contributed by atoms with E-state index in [1.165, 1.54) is 0 Å². The number of hydrogen-bond donors (Lipinski definition) is 2. The first kappa shape index (κ1) is 19.4. The van der Waals surface area contributed by atoms with E-state index in [0.717, 1.165) is 0 Å². The lowest BCUT2D eigenvalue weighted by Gasteiger charge is -2.36. The molecule has 0 fully saturated rings. The number of primary amides is 1. The van der Waals surface area contributed by atoms with E-state index >= 15 is 0 Å². The molecule has 1 unspecified atom stereocenters. The third kappa shape index (κ3) is 9.01. The lowest BCUT2D eigenvalue weighted by atomic mass is 10.1. The van der Waals surface area contributed by atoms with Crippen molar-refractivity contribution in [1.29, 1.82) is 0 Å². The normalized spacial score (nSPS) is 15.0. The maximum Gasteiger partial charge on any atom is 0.410 e. The number of carbonyl (C=O) groups is 3. The quantitative estimate of drug-likeness (QED) is 0.571. The zero-order chi connectivity index (χ0) is 16.9. The Morgan fingerprint density at radius 3 is 1.95 bits per heavy atom. The summed E-state index contributed by atoms with van der Waals surface area (Å²) in [6, 6.07) is 0. The zero-order valence-corrected chi connectivity index (χ0v) is 13.6. The van der Waals surface area contributed by atoms with Gasteiger partial charge in [-0.3, -0.25) is 14.9 Å². The molecule has 1 atom stereocenters. The molecule has 0 aliphatic carbocycles. The van der Waals surface area contributed by atoms with Crippen molar-refractivity contribution in [3.63, 3.8) is 0 Å². The summed E-state index contributed by atoms with van der Waals surface area (Å²) >= 11 is 0. The molecule has 3 N–H and O–H groups in total. The Kier molecular flexibility index (Phi) is 6.35. The van der Waals surface area contributed by atoms with Gasteiger partial charge in [-0.2, -0.15) is 0 Å². The van der Waals surface area contributed by atoms with Gasteiger partial charge >= 0.3 is 6.09 Å². The van der Waals surface area contributed by atoms with Crippen LogP contribution in [0.4, 0.5) is 4.79 Å². The molecule has 0 saturated carbocycles. The first-order valence-corrected chi connectivity index (χ1v) is 6.74. The molecule has 0 aromatic heterocycles. The molecule has 2 amide bonds. The van der Waals surface area contributed by atoms with Crippen LogP contribution in [0.1, 0.15) is 54.4 Å². The largest absolute Gasteiger partial charge is 0.444 e. The summed E-state index contributed by atoms with van der Waals surface area (Å²) in [5.41, 5.74) is 2.01. The van der Waals surface area contributed by atoms with Crippen LogP contribution < -0.4 is 11.1 Å². The highest BCUT2D eigenvalue weighted by Gasteiger charge is 2.38. The molecule has 122 valence electrons. The van der Waals surface area contributed by atoms with Crippen LogP contribution in [0.2, 0.25) is 0 Å². The molecule has 0 aliphatic rings. The van der Waals surface area contributed by atoms with Crippen molar-refractivity contribution in [2.45, 2.75) is 71.3 Å². The molecule has 0 rings (SSSR count). The smallest absolute Gasteiger partial charge is 0.410 e. The van der Waals surface area contributed by atoms with Crippen LogP contribution >= 0.6 is 0 Å². The third-order valence-electron chi connectivity index (χ3n) is 2.13. The number of alkyl carbamates (subject to hydrolysis) is 1. The van der Waals surface area contributed by atoms with E-state index in [-0.39, 0.29) is 12.8 Å². The van der Waals surface area contributed by atoms with Gasteiger partial charge in [-0.15, -0.1) is 0 Å². The van der Waals surface area contributed by atoms with Gasteiger partial charge in [-0.25, -0.2) is 4.79 Å². The van der Waals surface area contributed by atoms with Crippen LogP contribution in [-0.4, -0.2) is 35.2 Å². The molecule has 0 bridgehead atoms. The van der Waals surface area contributed by atoms with Gasteiger partial charge in [0.1, 0.15) is 5.60 Å². The van der Waals surface area contributed by atoms with Gasteiger partial charge < -0.3 is 15.2 Å². The Hall–Kier alpha value is -1.63. The lowest BCUT2D eigenvalue weighted by molar-refractivity contribution is -0.164. The molecule has 21 heavy (non-hydrogen) atoms. The number of amides is 2. The average molecular weight is 302 g/mol. The number of rotatable bonds is 6. The molecule has 0 saturated heterocycles. The van der Waals surface area contributed by atoms with Gasteiger partial charge in [0, 0.05) is 12.8 Å². The van der Waals surface area contributed by atoms with Crippen LogP contribution in [0, 0.1) is 0 Å². The predicted octanol–water partition coefficient (Wildman–Crippen LogP) is 1.49. The van der Waals surface area contributed by atoms with Crippen LogP contribution in [0.25, 0.3) is 0 Å². The van der Waals surface area contributed by atoms with E-state index in [1.807, 2.05) is 0 Å². The van der Waals surface area contributed by atoms with Gasteiger partial charge in [-0.1, -0.05) is 0 Å². The number of ether oxygens (including phenoxy) is 2. The number of nitrogens with one attached hydrogen (secondary N) is 1. The lowest BCUT2D eigenvalue weighted by Crippen LogP contribution is -2.56. The maximum absolute atomic E-state index is 11.9. The second-order valence-electron chi connectivity index (χ2n) is 6.81. The fraction of sp³-hybridized carbons (Fsp3) is 0.786. The summed E-state index contributed by atoms with van der Waals surface area (Å²) in [5, 5.41) is 2.39. The van der Waals surface area contributed by atoms with Crippen LogP contribution in [0.5, 0.6) is 0 Å². The molecule has 0 aliphatic heterocycles. The Labute approximate surface area is 125 Å². The highest BCUT2D eigenvalue weighted by atomic mass is 16.6. The minimum atomic E-state index is -1.66. The topological polar surface area (TPSA) is 108 Å². The SMILES string of the molecule is CC(C)(C)OC(=O)NC(C=O)(CCC(N)=O)OC(C)(C)C. The fourth-order valence-electron chi connectivity index (χ4n) is 1.58. The van der Waals surface area contributed by atoms with Crippen molar-refractivity contribution >= 4 is 18.3 Å². The molecule has 0 aromatic carbocycles. The van der Waals surface area contributed by atoms with Gasteiger partial charge in [0.25, 0.3) is 0 Å². The van der Waals surface area contributed by atoms with Gasteiger partial charge in [0.15, 0.2) is 6.29 Å². The van der Waals surface area contributed by atoms with Gasteiger partial charge in [-0.05, 0) is 41.5 Å². The van der Waals surface area contributed by atoms with E-state index in [4.69, 9.17) is 15.2 Å². The minimum Gasteiger partial charge on any atom is -0.444 e. The van der Waals surface area contributed by atoms with Crippen molar-refractivity contribution < 1.29 is 23.9 Å². The number of carbonyl (C=O) groups excluding carboxylic acids is 3. The van der Waals surface area contributed by atoms with Crippen LogP contribution in [0.15, 0.2) is 0 Å². The second-order valence-corrected chi connectivity index (χ2v) is 6.81. The molecule has 7 heteroatoms. The molecule has 0 aromatic rings. The average Bonchev–Trinajstić information content (AvgIpc) is 2.21. The maximum atomic E-state index is 11.9. The van der Waals surface area contributed by atoms with Gasteiger partial charge in [0.2, 0.25) is 11.6 Å². The first-order chi connectivity index (χ1) is 9.29. The number of aldehydes is 1. The van der Waals surface area contributed by atoms with Crippen LogP contribution in [0.3, 0.4) is 0 Å². The Morgan fingerprint density at radius 2 is 1.62 bits per heavy atom. The molecule has 0 spiro atoms. The molecular weight excluding hydrogens is 276 g/mol. The second kappa shape index (κ2) is 6.89. The van der Waals surface area contributed by atoms with Crippen molar-refractivity contribution in [3.05, 3.63) is 0 Å². The van der Waals surface area contributed by atoms with E-state index in [0.29, 0.717) is 6.29 Å². The summed E-state index contributed by atoms with van der Waals surface area (Å²) in [4.78, 5) is 34.3. The first-order valence-electron chi connectivity index (χ1n) is 6.74. The standard InChI is InChI=1S/C14H26N2O5/c1-12(2,3)20-11(19)16-14(9-17,8-7-10(15)18)21-13(4,5)6/h9H,7-8H2,1-6H3,(H2,15,18)(H,16,19). The van der Waals surface area contributed by atoms with Crippen molar-refractivity contribution in [3.8, 4) is 0 Å².